The Labute approximate surface area is 169 Å². The summed E-state index contributed by atoms with van der Waals surface area (Å²) in [5.41, 5.74) is 0.740. The predicted octanol–water partition coefficient (Wildman–Crippen LogP) is 2.39. The topological polar surface area (TPSA) is 107 Å². The highest BCUT2D eigenvalue weighted by Gasteiger charge is 2.21. The average molecular weight is 402 g/mol. The summed E-state index contributed by atoms with van der Waals surface area (Å²) in [5, 5.41) is 9.89. The quantitative estimate of drug-likeness (QED) is 0.580. The fourth-order valence-electron chi connectivity index (χ4n) is 4.10. The van der Waals surface area contributed by atoms with Crippen LogP contribution in [0.5, 0.6) is 0 Å². The van der Waals surface area contributed by atoms with E-state index >= 15 is 0 Å². The maximum atomic E-state index is 12.4. The van der Waals surface area contributed by atoms with Crippen molar-refractivity contribution in [3.8, 4) is 0 Å². The van der Waals surface area contributed by atoms with Crippen LogP contribution in [0.4, 0.5) is 0 Å². The Morgan fingerprint density at radius 2 is 1.79 bits per heavy atom. The maximum Gasteiger partial charge on any atom is 0.329 e. The molecule has 2 fully saturated rings. The van der Waals surface area contributed by atoms with Gasteiger partial charge < -0.3 is 15.0 Å². The second-order valence-electron chi connectivity index (χ2n) is 7.56. The van der Waals surface area contributed by atoms with Gasteiger partial charge in [0.15, 0.2) is 0 Å². The summed E-state index contributed by atoms with van der Waals surface area (Å²) in [7, 11) is 1.99. The molecule has 0 spiro atoms. The molecule has 1 saturated heterocycles. The van der Waals surface area contributed by atoms with E-state index in [2.05, 4.69) is 19.9 Å². The van der Waals surface area contributed by atoms with E-state index in [9.17, 15) is 9.59 Å². The predicted molar refractivity (Wildman–Crippen MR) is 115 cm³/mol. The second-order valence-corrected chi connectivity index (χ2v) is 7.56. The minimum absolute atomic E-state index is 0.0324. The molecule has 5 rings (SSSR count). The van der Waals surface area contributed by atoms with Crippen LogP contribution in [0.1, 0.15) is 52.0 Å². The highest BCUT2D eigenvalue weighted by molar-refractivity contribution is 6.01. The second kappa shape index (κ2) is 9.37. The summed E-state index contributed by atoms with van der Waals surface area (Å²) in [6.45, 7) is 5.72. The molecule has 0 amide bonds. The van der Waals surface area contributed by atoms with E-state index in [4.69, 9.17) is 5.11 Å². The van der Waals surface area contributed by atoms with E-state index in [0.29, 0.717) is 16.6 Å². The first-order valence-electron chi connectivity index (χ1n) is 10.5. The number of fused-ring (bicyclic) bond motifs is 3. The van der Waals surface area contributed by atoms with Crippen molar-refractivity contribution in [1.82, 2.24) is 24.4 Å². The van der Waals surface area contributed by atoms with E-state index in [1.165, 1.54) is 6.42 Å². The number of β-amino-alcohol motifs (C(OH)–C–C–N with tert-alkyl or cyclic N) is 1. The molecule has 0 bridgehead atoms. The van der Waals surface area contributed by atoms with Gasteiger partial charge in [0.05, 0.1) is 17.0 Å². The lowest BCUT2D eigenvalue weighted by atomic mass is 9.95. The summed E-state index contributed by atoms with van der Waals surface area (Å²) in [5.74, 6) is 0. The Morgan fingerprint density at radius 1 is 1.10 bits per heavy atom. The number of pyridine rings is 1. The average Bonchev–Trinajstić information content (AvgIpc) is 3.19. The molecule has 4 heterocycles. The molecule has 8 heteroatoms. The Balaban J connectivity index is 0.000000256. The third-order valence-corrected chi connectivity index (χ3v) is 5.47. The lowest BCUT2D eigenvalue weighted by molar-refractivity contribution is 0.0196. The smallest absolute Gasteiger partial charge is 0.329 e. The van der Waals surface area contributed by atoms with Crippen molar-refractivity contribution in [2.75, 3.05) is 20.1 Å². The molecule has 0 aromatic carbocycles. The molecule has 0 radical (unpaired) electrons. The Kier molecular flexibility index (Phi) is 6.87. The third kappa shape index (κ3) is 4.43. The number of hydrogen-bond donors (Lipinski definition) is 3. The number of hydrogen-bond acceptors (Lipinski definition) is 5. The van der Waals surface area contributed by atoms with Gasteiger partial charge >= 0.3 is 5.69 Å². The van der Waals surface area contributed by atoms with Crippen molar-refractivity contribution in [2.24, 2.45) is 0 Å². The molecular weight excluding hydrogens is 370 g/mol. The standard InChI is InChI=1S/C15H16N4O2.C4H9NO.C2H6/c20-14-11-8-17-13-10(6-7-16-13)12(11)19(15(21)18-14)9-4-2-1-3-5-9;1-5-2-4(6)3-5;1-2/h6-9H,1-5H2,(H,16,17)(H,18,20,21);4,6H,2-3H2,1H3;1-2H3. The Bertz CT molecular complexity index is 1050. The van der Waals surface area contributed by atoms with Crippen LogP contribution >= 0.6 is 0 Å². The van der Waals surface area contributed by atoms with E-state index in [-0.39, 0.29) is 23.4 Å². The summed E-state index contributed by atoms with van der Waals surface area (Å²) in [6.07, 6.45) is 8.73. The number of likely N-dealkylation sites (N-methyl/N-ethyl adjacent to an activating group) is 1. The van der Waals surface area contributed by atoms with Gasteiger partial charge in [-0.2, -0.15) is 0 Å². The van der Waals surface area contributed by atoms with Gasteiger partial charge in [0, 0.05) is 36.9 Å². The van der Waals surface area contributed by atoms with Gasteiger partial charge in [-0.1, -0.05) is 33.1 Å². The molecule has 1 aliphatic heterocycles. The molecule has 3 aromatic rings. The number of H-pyrrole nitrogens is 2. The maximum absolute atomic E-state index is 12.4. The zero-order valence-electron chi connectivity index (χ0n) is 17.4. The van der Waals surface area contributed by atoms with Crippen LogP contribution in [-0.4, -0.2) is 55.8 Å². The number of aliphatic hydroxyl groups excluding tert-OH is 1. The van der Waals surface area contributed by atoms with E-state index in [0.717, 1.165) is 44.2 Å². The Hall–Kier alpha value is -2.45. The molecule has 0 unspecified atom stereocenters. The molecule has 1 saturated carbocycles. The van der Waals surface area contributed by atoms with Crippen LogP contribution < -0.4 is 11.2 Å². The van der Waals surface area contributed by atoms with Crippen LogP contribution in [0.15, 0.2) is 28.0 Å². The highest BCUT2D eigenvalue weighted by Crippen LogP contribution is 2.30. The van der Waals surface area contributed by atoms with Crippen molar-refractivity contribution in [2.45, 2.75) is 58.1 Å². The Morgan fingerprint density at radius 3 is 2.38 bits per heavy atom. The fourth-order valence-corrected chi connectivity index (χ4v) is 4.10. The first-order chi connectivity index (χ1) is 14.0. The van der Waals surface area contributed by atoms with Crippen molar-refractivity contribution < 1.29 is 5.11 Å². The van der Waals surface area contributed by atoms with Gasteiger partial charge in [-0.15, -0.1) is 0 Å². The highest BCUT2D eigenvalue weighted by atomic mass is 16.3. The summed E-state index contributed by atoms with van der Waals surface area (Å²) >= 11 is 0. The van der Waals surface area contributed by atoms with Crippen molar-refractivity contribution in [3.63, 3.8) is 0 Å². The first kappa shape index (κ1) is 21.3. The molecule has 2 aliphatic rings. The van der Waals surface area contributed by atoms with Gasteiger partial charge in [-0.05, 0) is 26.0 Å². The zero-order chi connectivity index (χ0) is 21.0. The number of aromatic amines is 2. The van der Waals surface area contributed by atoms with Gasteiger partial charge in [0.1, 0.15) is 5.65 Å². The molecule has 8 nitrogen and oxygen atoms in total. The van der Waals surface area contributed by atoms with Gasteiger partial charge in [-0.25, -0.2) is 9.78 Å². The molecule has 3 N–H and O–H groups in total. The number of nitrogens with zero attached hydrogens (tertiary/aromatic N) is 3. The lowest BCUT2D eigenvalue weighted by Gasteiger charge is -2.31. The first-order valence-corrected chi connectivity index (χ1v) is 10.5. The lowest BCUT2D eigenvalue weighted by Crippen LogP contribution is -2.47. The van der Waals surface area contributed by atoms with E-state index in [1.54, 1.807) is 17.0 Å². The van der Waals surface area contributed by atoms with Crippen molar-refractivity contribution >= 4 is 21.9 Å². The van der Waals surface area contributed by atoms with Crippen LogP contribution in [0.2, 0.25) is 0 Å². The molecule has 3 aromatic heterocycles. The summed E-state index contributed by atoms with van der Waals surface area (Å²) in [4.78, 5) is 36.3. The minimum Gasteiger partial charge on any atom is -0.390 e. The summed E-state index contributed by atoms with van der Waals surface area (Å²) in [6, 6.07) is 2.04. The van der Waals surface area contributed by atoms with E-state index < -0.39 is 0 Å². The normalized spacial score (nSPS) is 17.9. The number of rotatable bonds is 1. The van der Waals surface area contributed by atoms with Crippen LogP contribution in [0.3, 0.4) is 0 Å². The molecule has 158 valence electrons. The van der Waals surface area contributed by atoms with Gasteiger partial charge in [0.2, 0.25) is 0 Å². The van der Waals surface area contributed by atoms with E-state index in [1.807, 2.05) is 27.0 Å². The molecular formula is C21H31N5O3. The fraction of sp³-hybridized carbons (Fsp3) is 0.571. The summed E-state index contributed by atoms with van der Waals surface area (Å²) < 4.78 is 1.77. The monoisotopic (exact) mass is 401 g/mol. The molecule has 1 aliphatic carbocycles. The number of nitrogens with one attached hydrogen (secondary N) is 2. The third-order valence-electron chi connectivity index (χ3n) is 5.47. The number of aromatic nitrogens is 4. The van der Waals surface area contributed by atoms with Crippen molar-refractivity contribution in [1.29, 1.82) is 0 Å². The number of aliphatic hydroxyl groups is 1. The SMILES string of the molecule is CC.CN1CC(O)C1.O=c1[nH]c(=O)n(C2CCCCC2)c2c1cnc1[nH]ccc12. The number of likely N-dealkylation sites (tertiary alicyclic amines) is 1. The van der Waals surface area contributed by atoms with Crippen molar-refractivity contribution in [3.05, 3.63) is 39.3 Å². The van der Waals surface area contributed by atoms with Crippen LogP contribution in [0.25, 0.3) is 21.9 Å². The van der Waals surface area contributed by atoms with Gasteiger partial charge in [-0.3, -0.25) is 14.3 Å². The van der Waals surface area contributed by atoms with Crippen LogP contribution in [-0.2, 0) is 0 Å². The molecule has 29 heavy (non-hydrogen) atoms. The molecule has 0 atom stereocenters. The largest absolute Gasteiger partial charge is 0.390 e. The van der Waals surface area contributed by atoms with Crippen LogP contribution in [0, 0.1) is 0 Å². The van der Waals surface area contributed by atoms with Gasteiger partial charge in [0.25, 0.3) is 5.56 Å². The minimum atomic E-state index is -0.363. The zero-order valence-corrected chi connectivity index (χ0v) is 17.4.